The molecule has 1 aromatic carbocycles. The summed E-state index contributed by atoms with van der Waals surface area (Å²) in [4.78, 5) is 13.2. The monoisotopic (exact) mass is 286 g/mol. The van der Waals surface area contributed by atoms with Crippen molar-refractivity contribution >= 4 is 27.4 Å². The van der Waals surface area contributed by atoms with Crippen LogP contribution in [0.4, 0.5) is 11.4 Å². The third-order valence-electron chi connectivity index (χ3n) is 2.63. The highest BCUT2D eigenvalue weighted by Gasteiger charge is 2.15. The molecule has 0 heterocycles. The van der Waals surface area contributed by atoms with Crippen LogP contribution in [0.3, 0.4) is 0 Å². The molecule has 0 aromatic heterocycles. The highest BCUT2D eigenvalue weighted by Crippen LogP contribution is 2.24. The molecule has 0 bridgehead atoms. The van der Waals surface area contributed by atoms with Crippen molar-refractivity contribution in [1.29, 1.82) is 0 Å². The quantitative estimate of drug-likeness (QED) is 0.829. The predicted molar refractivity (Wildman–Crippen MR) is 75.4 cm³/mol. The second-order valence-electron chi connectivity index (χ2n) is 4.08. The van der Waals surface area contributed by atoms with E-state index in [0.29, 0.717) is 18.8 Å². The van der Waals surface area contributed by atoms with Gasteiger partial charge in [-0.25, -0.2) is 13.2 Å². The SMILES string of the molecule is CCN(CC)c1ccc(NS(C)(=O)=O)cc1C(=O)O. The second kappa shape index (κ2) is 5.92. The number of hydrogen-bond donors (Lipinski definition) is 2. The summed E-state index contributed by atoms with van der Waals surface area (Å²) >= 11 is 0. The van der Waals surface area contributed by atoms with Crippen LogP contribution in [0.15, 0.2) is 18.2 Å². The maximum atomic E-state index is 11.3. The van der Waals surface area contributed by atoms with Crippen molar-refractivity contribution in [2.75, 3.05) is 29.0 Å². The molecule has 0 unspecified atom stereocenters. The molecule has 0 aliphatic carbocycles. The topological polar surface area (TPSA) is 86.7 Å². The molecule has 1 aromatic rings. The van der Waals surface area contributed by atoms with Gasteiger partial charge in [-0.15, -0.1) is 0 Å². The third kappa shape index (κ3) is 4.13. The molecular weight excluding hydrogens is 268 g/mol. The fourth-order valence-electron chi connectivity index (χ4n) is 1.82. The number of sulfonamides is 1. The van der Waals surface area contributed by atoms with Crippen molar-refractivity contribution in [3.8, 4) is 0 Å². The standard InChI is InChI=1S/C12H18N2O4S/c1-4-14(5-2)11-7-6-9(13-19(3,17)18)8-10(11)12(15)16/h6-8,13H,4-5H2,1-3H3,(H,15,16). The van der Waals surface area contributed by atoms with E-state index in [-0.39, 0.29) is 11.3 Å². The molecule has 0 fully saturated rings. The van der Waals surface area contributed by atoms with Crippen LogP contribution in [0.25, 0.3) is 0 Å². The number of aromatic carboxylic acids is 1. The Morgan fingerprint density at radius 2 is 1.89 bits per heavy atom. The maximum absolute atomic E-state index is 11.3. The minimum Gasteiger partial charge on any atom is -0.478 e. The van der Waals surface area contributed by atoms with Gasteiger partial charge in [0.05, 0.1) is 17.5 Å². The molecule has 6 nitrogen and oxygen atoms in total. The highest BCUT2D eigenvalue weighted by molar-refractivity contribution is 7.92. The highest BCUT2D eigenvalue weighted by atomic mass is 32.2. The van der Waals surface area contributed by atoms with Gasteiger partial charge in [0, 0.05) is 18.8 Å². The van der Waals surface area contributed by atoms with Gasteiger partial charge >= 0.3 is 5.97 Å². The lowest BCUT2D eigenvalue weighted by molar-refractivity contribution is 0.0697. The van der Waals surface area contributed by atoms with Crippen molar-refractivity contribution in [2.45, 2.75) is 13.8 Å². The predicted octanol–water partition coefficient (Wildman–Crippen LogP) is 1.60. The van der Waals surface area contributed by atoms with Crippen molar-refractivity contribution in [3.05, 3.63) is 23.8 Å². The van der Waals surface area contributed by atoms with E-state index >= 15 is 0 Å². The van der Waals surface area contributed by atoms with Crippen LogP contribution < -0.4 is 9.62 Å². The largest absolute Gasteiger partial charge is 0.478 e. The van der Waals surface area contributed by atoms with Crippen molar-refractivity contribution in [3.63, 3.8) is 0 Å². The summed E-state index contributed by atoms with van der Waals surface area (Å²) in [6.45, 7) is 5.21. The van der Waals surface area contributed by atoms with Crippen LogP contribution in [-0.2, 0) is 10.0 Å². The molecule has 0 aliphatic rings. The normalized spacial score (nSPS) is 11.1. The average Bonchev–Trinajstić information content (AvgIpc) is 2.30. The fourth-order valence-corrected chi connectivity index (χ4v) is 2.38. The van der Waals surface area contributed by atoms with Gasteiger partial charge in [-0.3, -0.25) is 4.72 Å². The average molecular weight is 286 g/mol. The summed E-state index contributed by atoms with van der Waals surface area (Å²) in [5.41, 5.74) is 0.907. The number of anilines is 2. The molecule has 0 spiro atoms. The summed E-state index contributed by atoms with van der Waals surface area (Å²) in [7, 11) is -3.42. The van der Waals surface area contributed by atoms with E-state index in [9.17, 15) is 18.3 Å². The number of carbonyl (C=O) groups is 1. The smallest absolute Gasteiger partial charge is 0.337 e. The first-order valence-corrected chi connectivity index (χ1v) is 7.77. The molecule has 0 atom stereocenters. The van der Waals surface area contributed by atoms with Gasteiger partial charge in [-0.2, -0.15) is 0 Å². The molecule has 0 amide bonds. The van der Waals surface area contributed by atoms with Gasteiger partial charge < -0.3 is 10.0 Å². The molecule has 0 saturated carbocycles. The van der Waals surface area contributed by atoms with Gasteiger partial charge in [0.25, 0.3) is 0 Å². The van der Waals surface area contributed by atoms with Crippen molar-refractivity contribution in [1.82, 2.24) is 0 Å². The molecule has 106 valence electrons. The number of carboxylic acids is 1. The van der Waals surface area contributed by atoms with Crippen LogP contribution in [0, 0.1) is 0 Å². The zero-order valence-corrected chi connectivity index (χ0v) is 12.0. The molecule has 19 heavy (non-hydrogen) atoms. The minimum absolute atomic E-state index is 0.0809. The summed E-state index contributed by atoms with van der Waals surface area (Å²) < 4.78 is 24.6. The molecule has 2 N–H and O–H groups in total. The summed E-state index contributed by atoms with van der Waals surface area (Å²) in [6, 6.07) is 4.50. The Labute approximate surface area is 113 Å². The van der Waals surface area contributed by atoms with Crippen LogP contribution >= 0.6 is 0 Å². The van der Waals surface area contributed by atoms with Gasteiger partial charge in [-0.1, -0.05) is 0 Å². The van der Waals surface area contributed by atoms with E-state index in [0.717, 1.165) is 6.26 Å². The number of carboxylic acid groups (broad SMARTS) is 1. The van der Waals surface area contributed by atoms with Gasteiger partial charge in [0.15, 0.2) is 0 Å². The van der Waals surface area contributed by atoms with Crippen LogP contribution in [0.5, 0.6) is 0 Å². The van der Waals surface area contributed by atoms with Gasteiger partial charge in [0.2, 0.25) is 10.0 Å². The Hall–Kier alpha value is -1.76. The summed E-state index contributed by atoms with van der Waals surface area (Å²) in [5, 5.41) is 9.22. The van der Waals surface area contributed by atoms with E-state index in [2.05, 4.69) is 4.72 Å². The third-order valence-corrected chi connectivity index (χ3v) is 3.24. The molecule has 7 heteroatoms. The van der Waals surface area contributed by atoms with E-state index < -0.39 is 16.0 Å². The Kier molecular flexibility index (Phi) is 4.77. The lowest BCUT2D eigenvalue weighted by Crippen LogP contribution is -2.24. The summed E-state index contributed by atoms with van der Waals surface area (Å²) in [6.07, 6.45) is 1.02. The zero-order chi connectivity index (χ0) is 14.6. The summed E-state index contributed by atoms with van der Waals surface area (Å²) in [5.74, 6) is -1.08. The van der Waals surface area contributed by atoms with Gasteiger partial charge in [-0.05, 0) is 32.0 Å². The Bertz CT molecular complexity index is 565. The van der Waals surface area contributed by atoms with Gasteiger partial charge in [0.1, 0.15) is 0 Å². The number of nitrogens with one attached hydrogen (secondary N) is 1. The second-order valence-corrected chi connectivity index (χ2v) is 5.83. The van der Waals surface area contributed by atoms with E-state index in [4.69, 9.17) is 0 Å². The molecule has 0 aliphatic heterocycles. The van der Waals surface area contributed by atoms with E-state index in [1.807, 2.05) is 18.7 Å². The number of benzene rings is 1. The lowest BCUT2D eigenvalue weighted by atomic mass is 10.1. The van der Waals surface area contributed by atoms with E-state index in [1.165, 1.54) is 6.07 Å². The van der Waals surface area contributed by atoms with Crippen LogP contribution in [-0.4, -0.2) is 38.8 Å². The number of nitrogens with zero attached hydrogens (tertiary/aromatic N) is 1. The van der Waals surface area contributed by atoms with Crippen molar-refractivity contribution in [2.24, 2.45) is 0 Å². The first-order valence-electron chi connectivity index (χ1n) is 5.88. The minimum atomic E-state index is -3.42. The lowest BCUT2D eigenvalue weighted by Gasteiger charge is -2.23. The maximum Gasteiger partial charge on any atom is 0.337 e. The first kappa shape index (κ1) is 15.3. The Morgan fingerprint density at radius 3 is 2.32 bits per heavy atom. The Balaban J connectivity index is 3.26. The van der Waals surface area contributed by atoms with Crippen molar-refractivity contribution < 1.29 is 18.3 Å². The fraction of sp³-hybridized carbons (Fsp3) is 0.417. The molecule has 0 radical (unpaired) electrons. The number of rotatable bonds is 6. The van der Waals surface area contributed by atoms with E-state index in [1.54, 1.807) is 12.1 Å². The molecule has 0 saturated heterocycles. The number of hydrogen-bond acceptors (Lipinski definition) is 4. The zero-order valence-electron chi connectivity index (χ0n) is 11.2. The Morgan fingerprint density at radius 1 is 1.32 bits per heavy atom. The molecular formula is C12H18N2O4S. The first-order chi connectivity index (χ1) is 8.78. The molecule has 1 rings (SSSR count). The van der Waals surface area contributed by atoms with Crippen LogP contribution in [0.2, 0.25) is 0 Å². The van der Waals surface area contributed by atoms with Crippen LogP contribution in [0.1, 0.15) is 24.2 Å².